The van der Waals surface area contributed by atoms with Crippen molar-refractivity contribution >= 4 is 5.97 Å². The van der Waals surface area contributed by atoms with Crippen LogP contribution in [0.4, 0.5) is 0 Å². The van der Waals surface area contributed by atoms with Crippen LogP contribution in [0.2, 0.25) is 0 Å². The molecule has 2 aliphatic carbocycles. The van der Waals surface area contributed by atoms with E-state index in [-0.39, 0.29) is 6.10 Å². The van der Waals surface area contributed by atoms with Crippen molar-refractivity contribution in [1.82, 2.24) is 14.9 Å². The van der Waals surface area contributed by atoms with Crippen molar-refractivity contribution in [2.24, 2.45) is 5.92 Å². The predicted molar refractivity (Wildman–Crippen MR) is 131 cm³/mol. The van der Waals surface area contributed by atoms with Crippen molar-refractivity contribution in [3.8, 4) is 0 Å². The van der Waals surface area contributed by atoms with Crippen molar-refractivity contribution in [3.05, 3.63) is 59.2 Å². The third-order valence-electron chi connectivity index (χ3n) is 8.08. The van der Waals surface area contributed by atoms with Gasteiger partial charge >= 0.3 is 5.97 Å². The van der Waals surface area contributed by atoms with Crippen LogP contribution in [0.5, 0.6) is 0 Å². The van der Waals surface area contributed by atoms with Crippen LogP contribution < -0.4 is 0 Å². The number of hydrogen-bond acceptors (Lipinski definition) is 5. The molecule has 3 heterocycles. The van der Waals surface area contributed by atoms with E-state index in [1.165, 1.54) is 36.9 Å². The van der Waals surface area contributed by atoms with Crippen molar-refractivity contribution in [1.29, 1.82) is 0 Å². The molecule has 0 bridgehead atoms. The monoisotopic (exact) mass is 463 g/mol. The minimum absolute atomic E-state index is 0.122. The van der Waals surface area contributed by atoms with Gasteiger partial charge in [0.05, 0.1) is 6.10 Å². The van der Waals surface area contributed by atoms with Gasteiger partial charge in [-0.05, 0) is 75.0 Å². The lowest BCUT2D eigenvalue weighted by atomic mass is 9.80. The average molecular weight is 464 g/mol. The fourth-order valence-corrected chi connectivity index (χ4v) is 5.94. The molecule has 6 nitrogen and oxygen atoms in total. The van der Waals surface area contributed by atoms with Crippen LogP contribution in [-0.4, -0.2) is 51.7 Å². The SMILES string of the molecule is O=C(O)C(c1cccnc1C1CCC1)N1CC[C@@H](OCCCCC2CCc3cccnc3C2)C1. The van der Waals surface area contributed by atoms with Gasteiger partial charge in [0.25, 0.3) is 0 Å². The van der Waals surface area contributed by atoms with Crippen molar-refractivity contribution in [3.63, 3.8) is 0 Å². The molecule has 0 spiro atoms. The van der Waals surface area contributed by atoms with E-state index in [2.05, 4.69) is 20.9 Å². The summed E-state index contributed by atoms with van der Waals surface area (Å²) in [5.41, 5.74) is 4.59. The third kappa shape index (κ3) is 5.33. The maximum atomic E-state index is 12.3. The minimum Gasteiger partial charge on any atom is -0.480 e. The number of aryl methyl sites for hydroxylation is 1. The Morgan fingerprint density at radius 1 is 1.12 bits per heavy atom. The summed E-state index contributed by atoms with van der Waals surface area (Å²) in [5, 5.41) is 10.1. The van der Waals surface area contributed by atoms with E-state index in [9.17, 15) is 9.90 Å². The summed E-state index contributed by atoms with van der Waals surface area (Å²) in [6, 6.07) is 7.48. The summed E-state index contributed by atoms with van der Waals surface area (Å²) < 4.78 is 6.19. The highest BCUT2D eigenvalue weighted by Crippen LogP contribution is 2.40. The fraction of sp³-hybridized carbons (Fsp3) is 0.607. The number of carbonyl (C=O) groups is 1. The molecule has 2 aromatic rings. The lowest BCUT2D eigenvalue weighted by Crippen LogP contribution is -2.35. The van der Waals surface area contributed by atoms with E-state index < -0.39 is 12.0 Å². The Morgan fingerprint density at radius 3 is 2.79 bits per heavy atom. The van der Waals surface area contributed by atoms with Gasteiger partial charge in [-0.25, -0.2) is 0 Å². The fourth-order valence-electron chi connectivity index (χ4n) is 5.94. The first-order chi connectivity index (χ1) is 16.7. The largest absolute Gasteiger partial charge is 0.480 e. The number of unbranched alkanes of at least 4 members (excludes halogenated alkanes) is 1. The summed E-state index contributed by atoms with van der Waals surface area (Å²) in [7, 11) is 0. The predicted octanol–water partition coefficient (Wildman–Crippen LogP) is 4.94. The molecule has 1 aliphatic heterocycles. The van der Waals surface area contributed by atoms with Gasteiger partial charge in [0.1, 0.15) is 6.04 Å². The molecular weight excluding hydrogens is 426 g/mol. The quantitative estimate of drug-likeness (QED) is 0.503. The van der Waals surface area contributed by atoms with Crippen LogP contribution in [0.25, 0.3) is 0 Å². The average Bonchev–Trinajstić information content (AvgIpc) is 3.27. The number of nitrogens with zero attached hydrogens (tertiary/aromatic N) is 3. The Hall–Kier alpha value is -2.31. The number of pyridine rings is 2. The van der Waals surface area contributed by atoms with Crippen molar-refractivity contribution in [2.45, 2.75) is 82.3 Å². The second kappa shape index (κ2) is 11.0. The number of carboxylic acid groups (broad SMARTS) is 1. The van der Waals surface area contributed by atoms with E-state index in [0.717, 1.165) is 68.9 Å². The maximum absolute atomic E-state index is 12.3. The first kappa shape index (κ1) is 23.4. The molecule has 6 heteroatoms. The molecule has 3 aliphatic rings. The van der Waals surface area contributed by atoms with E-state index in [4.69, 9.17) is 4.74 Å². The number of carboxylic acids is 1. The first-order valence-corrected chi connectivity index (χ1v) is 13.1. The summed E-state index contributed by atoms with van der Waals surface area (Å²) in [6.07, 6.45) is 15.2. The number of ether oxygens (including phenoxy) is 1. The van der Waals surface area contributed by atoms with Gasteiger partial charge < -0.3 is 9.84 Å². The van der Waals surface area contributed by atoms with Gasteiger partial charge in [0, 0.05) is 55.0 Å². The highest BCUT2D eigenvalue weighted by atomic mass is 16.5. The van der Waals surface area contributed by atoms with Gasteiger partial charge in [-0.1, -0.05) is 25.0 Å². The molecular formula is C28H37N3O3. The molecule has 2 fully saturated rings. The van der Waals surface area contributed by atoms with Crippen molar-refractivity contribution in [2.75, 3.05) is 19.7 Å². The Labute approximate surface area is 202 Å². The second-order valence-electron chi connectivity index (χ2n) is 10.3. The minimum atomic E-state index is -0.780. The maximum Gasteiger partial charge on any atom is 0.325 e. The number of aliphatic carboxylic acids is 1. The molecule has 182 valence electrons. The molecule has 1 saturated carbocycles. The number of aromatic nitrogens is 2. The van der Waals surface area contributed by atoms with Crippen LogP contribution in [0.1, 0.15) is 85.8 Å². The van der Waals surface area contributed by atoms with Gasteiger partial charge in [0.2, 0.25) is 0 Å². The normalized spacial score (nSPS) is 23.9. The summed E-state index contributed by atoms with van der Waals surface area (Å²) in [4.78, 5) is 23.5. The summed E-state index contributed by atoms with van der Waals surface area (Å²) >= 11 is 0. The molecule has 34 heavy (non-hydrogen) atoms. The molecule has 3 atom stereocenters. The van der Waals surface area contributed by atoms with Crippen LogP contribution in [0.3, 0.4) is 0 Å². The molecule has 1 N–H and O–H groups in total. The van der Waals surface area contributed by atoms with E-state index in [1.807, 2.05) is 24.4 Å². The molecule has 0 radical (unpaired) electrons. The zero-order valence-corrected chi connectivity index (χ0v) is 20.1. The summed E-state index contributed by atoms with van der Waals surface area (Å²) in [6.45, 7) is 2.20. The molecule has 0 aromatic carbocycles. The number of rotatable bonds is 10. The molecule has 5 rings (SSSR count). The number of fused-ring (bicyclic) bond motifs is 1. The van der Waals surface area contributed by atoms with Gasteiger partial charge in [-0.15, -0.1) is 0 Å². The Morgan fingerprint density at radius 2 is 1.97 bits per heavy atom. The Balaban J connectivity index is 1.07. The lowest BCUT2D eigenvalue weighted by Gasteiger charge is -2.31. The van der Waals surface area contributed by atoms with Crippen LogP contribution in [-0.2, 0) is 22.4 Å². The van der Waals surface area contributed by atoms with E-state index >= 15 is 0 Å². The molecule has 0 amide bonds. The van der Waals surface area contributed by atoms with E-state index in [0.29, 0.717) is 12.5 Å². The summed E-state index contributed by atoms with van der Waals surface area (Å²) in [5.74, 6) is 0.379. The topological polar surface area (TPSA) is 75.5 Å². The van der Waals surface area contributed by atoms with Crippen LogP contribution in [0.15, 0.2) is 36.7 Å². The Bertz CT molecular complexity index is 977. The zero-order chi connectivity index (χ0) is 23.3. The third-order valence-corrected chi connectivity index (χ3v) is 8.08. The highest BCUT2D eigenvalue weighted by molar-refractivity contribution is 5.76. The standard InChI is InChI=1S/C28H37N3O3/c32-28(33)27(24-10-5-15-30-26(24)22-7-3-8-22)31-16-13-23(19-31)34-17-2-1-6-20-11-12-21-9-4-14-29-25(21)18-20/h4-5,9-10,14-15,20,22-23,27H,1-3,6-8,11-13,16-19H2,(H,32,33)/t20?,23-,27?/m1/s1. The molecule has 1 saturated heterocycles. The van der Waals surface area contributed by atoms with Gasteiger partial charge in [-0.3, -0.25) is 19.7 Å². The Kier molecular flexibility index (Phi) is 7.55. The lowest BCUT2D eigenvalue weighted by molar-refractivity contribution is -0.143. The van der Waals surface area contributed by atoms with Crippen LogP contribution >= 0.6 is 0 Å². The van der Waals surface area contributed by atoms with Crippen molar-refractivity contribution < 1.29 is 14.6 Å². The van der Waals surface area contributed by atoms with Gasteiger partial charge in [-0.2, -0.15) is 0 Å². The first-order valence-electron chi connectivity index (χ1n) is 13.1. The molecule has 2 unspecified atom stereocenters. The van der Waals surface area contributed by atoms with E-state index in [1.54, 1.807) is 6.20 Å². The van der Waals surface area contributed by atoms with Gasteiger partial charge in [0.15, 0.2) is 0 Å². The smallest absolute Gasteiger partial charge is 0.325 e. The zero-order valence-electron chi connectivity index (χ0n) is 20.1. The number of likely N-dealkylation sites (tertiary alicyclic amines) is 1. The molecule has 2 aromatic heterocycles. The second-order valence-corrected chi connectivity index (χ2v) is 10.3. The highest BCUT2D eigenvalue weighted by Gasteiger charge is 2.37. The van der Waals surface area contributed by atoms with Crippen LogP contribution in [0, 0.1) is 5.92 Å². The number of hydrogen-bond donors (Lipinski definition) is 1.